The van der Waals surface area contributed by atoms with Crippen molar-refractivity contribution in [2.75, 3.05) is 13.1 Å². The molecule has 0 radical (unpaired) electrons. The van der Waals surface area contributed by atoms with E-state index in [4.69, 9.17) is 4.74 Å². The second kappa shape index (κ2) is 6.76. The lowest BCUT2D eigenvalue weighted by atomic mass is 10.1. The number of carbonyl (C=O) groups is 1. The predicted molar refractivity (Wildman–Crippen MR) is 88.3 cm³/mol. The highest BCUT2D eigenvalue weighted by atomic mass is 32.1. The summed E-state index contributed by atoms with van der Waals surface area (Å²) in [5.74, 6) is 0. The summed E-state index contributed by atoms with van der Waals surface area (Å²) in [5.41, 5.74) is 1.14. The van der Waals surface area contributed by atoms with Crippen LogP contribution < -0.4 is 5.32 Å². The van der Waals surface area contributed by atoms with Gasteiger partial charge in [-0.3, -0.25) is 0 Å². The van der Waals surface area contributed by atoms with Crippen molar-refractivity contribution in [3.8, 4) is 0 Å². The largest absolute Gasteiger partial charge is 0.367 e. The number of rotatable bonds is 3. The van der Waals surface area contributed by atoms with Gasteiger partial charge in [-0.1, -0.05) is 0 Å². The van der Waals surface area contributed by atoms with Gasteiger partial charge < -0.3 is 15.0 Å². The van der Waals surface area contributed by atoms with Gasteiger partial charge in [0, 0.05) is 17.6 Å². The standard InChI is InChI=1S/C15H19N3O2S2/c1-10-7-18(8-13(20-10)12-3-4-21-9-12)15(19)17-6-14-16-5-11(2)22-14/h3-5,9-10,13H,6-8H2,1-2H3,(H,17,19)/t10-,13-/m0/s1. The summed E-state index contributed by atoms with van der Waals surface area (Å²) < 4.78 is 5.95. The first-order chi connectivity index (χ1) is 10.6. The molecular weight excluding hydrogens is 318 g/mol. The van der Waals surface area contributed by atoms with Crippen LogP contribution in [0.25, 0.3) is 0 Å². The van der Waals surface area contributed by atoms with Crippen molar-refractivity contribution in [1.82, 2.24) is 15.2 Å². The first-order valence-corrected chi connectivity index (χ1v) is 8.99. The molecule has 1 aliphatic heterocycles. The van der Waals surface area contributed by atoms with E-state index in [-0.39, 0.29) is 18.2 Å². The highest BCUT2D eigenvalue weighted by Crippen LogP contribution is 2.26. The first-order valence-electron chi connectivity index (χ1n) is 7.23. The molecule has 0 aliphatic carbocycles. The van der Waals surface area contributed by atoms with Gasteiger partial charge in [0.15, 0.2) is 0 Å². The van der Waals surface area contributed by atoms with Crippen LogP contribution in [0.4, 0.5) is 4.79 Å². The molecule has 0 aromatic carbocycles. The summed E-state index contributed by atoms with van der Waals surface area (Å²) in [6, 6.07) is 2.00. The molecule has 5 nitrogen and oxygen atoms in total. The van der Waals surface area contributed by atoms with Crippen molar-refractivity contribution in [2.45, 2.75) is 32.6 Å². The number of carbonyl (C=O) groups excluding carboxylic acids is 1. The van der Waals surface area contributed by atoms with Crippen LogP contribution in [-0.2, 0) is 11.3 Å². The second-order valence-electron chi connectivity index (χ2n) is 5.42. The van der Waals surface area contributed by atoms with Crippen LogP contribution in [0.1, 0.15) is 28.5 Å². The van der Waals surface area contributed by atoms with E-state index in [9.17, 15) is 4.79 Å². The molecule has 1 fully saturated rings. The Labute approximate surface area is 137 Å². The van der Waals surface area contributed by atoms with Crippen LogP contribution in [0.5, 0.6) is 0 Å². The lowest BCUT2D eigenvalue weighted by Gasteiger charge is -2.36. The summed E-state index contributed by atoms with van der Waals surface area (Å²) in [6.45, 7) is 5.69. The van der Waals surface area contributed by atoms with Crippen molar-refractivity contribution >= 4 is 28.7 Å². The van der Waals surface area contributed by atoms with Crippen LogP contribution in [0.15, 0.2) is 23.0 Å². The molecule has 118 valence electrons. The summed E-state index contributed by atoms with van der Waals surface area (Å²) >= 11 is 3.26. The summed E-state index contributed by atoms with van der Waals surface area (Å²) in [6.07, 6.45) is 1.82. The summed E-state index contributed by atoms with van der Waals surface area (Å²) in [4.78, 5) is 19.6. The van der Waals surface area contributed by atoms with E-state index in [1.165, 1.54) is 0 Å². The average molecular weight is 337 g/mol. The van der Waals surface area contributed by atoms with Crippen LogP contribution in [0, 0.1) is 6.92 Å². The minimum absolute atomic E-state index is 0.0338. The smallest absolute Gasteiger partial charge is 0.317 e. The number of nitrogens with one attached hydrogen (secondary N) is 1. The third-order valence-corrected chi connectivity index (χ3v) is 5.14. The number of thiazole rings is 1. The third kappa shape index (κ3) is 3.66. The molecule has 2 amide bonds. The number of hydrogen-bond donors (Lipinski definition) is 1. The van der Waals surface area contributed by atoms with Gasteiger partial charge in [0.25, 0.3) is 0 Å². The van der Waals surface area contributed by atoms with Crippen LogP contribution >= 0.6 is 22.7 Å². The number of morpholine rings is 1. The number of nitrogens with zero attached hydrogens (tertiary/aromatic N) is 2. The van der Waals surface area contributed by atoms with Crippen LogP contribution in [0.3, 0.4) is 0 Å². The Hall–Kier alpha value is -1.44. The molecule has 0 bridgehead atoms. The Morgan fingerprint density at radius 1 is 1.55 bits per heavy atom. The highest BCUT2D eigenvalue weighted by molar-refractivity contribution is 7.11. The molecule has 22 heavy (non-hydrogen) atoms. The second-order valence-corrected chi connectivity index (χ2v) is 7.52. The Bertz CT molecular complexity index is 627. The molecule has 0 saturated carbocycles. The fourth-order valence-corrected chi connectivity index (χ4v) is 3.93. The van der Waals surface area contributed by atoms with Gasteiger partial charge in [-0.25, -0.2) is 9.78 Å². The molecule has 1 aliphatic rings. The minimum atomic E-state index is -0.0526. The molecule has 0 spiro atoms. The number of aryl methyl sites for hydroxylation is 1. The fraction of sp³-hybridized carbons (Fsp3) is 0.467. The molecule has 1 N–H and O–H groups in total. The van der Waals surface area contributed by atoms with E-state index in [1.807, 2.05) is 30.3 Å². The van der Waals surface area contributed by atoms with E-state index >= 15 is 0 Å². The number of hydrogen-bond acceptors (Lipinski definition) is 5. The topological polar surface area (TPSA) is 54.5 Å². The highest BCUT2D eigenvalue weighted by Gasteiger charge is 2.29. The monoisotopic (exact) mass is 337 g/mol. The van der Waals surface area contributed by atoms with Crippen molar-refractivity contribution in [3.05, 3.63) is 38.5 Å². The number of ether oxygens (including phenoxy) is 1. The molecule has 3 heterocycles. The van der Waals surface area contributed by atoms with Gasteiger partial charge in [0.1, 0.15) is 11.1 Å². The number of urea groups is 1. The zero-order valence-electron chi connectivity index (χ0n) is 12.6. The summed E-state index contributed by atoms with van der Waals surface area (Å²) in [5, 5.41) is 8.00. The zero-order chi connectivity index (χ0) is 15.5. The van der Waals surface area contributed by atoms with Gasteiger partial charge in [-0.15, -0.1) is 11.3 Å². The van der Waals surface area contributed by atoms with E-state index in [0.717, 1.165) is 15.4 Å². The molecule has 2 aromatic rings. The van der Waals surface area contributed by atoms with Crippen LogP contribution in [0.2, 0.25) is 0 Å². The third-order valence-electron chi connectivity index (χ3n) is 3.52. The molecule has 2 atom stereocenters. The Balaban J connectivity index is 1.59. The molecule has 7 heteroatoms. The molecule has 2 aromatic heterocycles. The van der Waals surface area contributed by atoms with E-state index in [0.29, 0.717) is 19.6 Å². The molecule has 3 rings (SSSR count). The Morgan fingerprint density at radius 3 is 3.09 bits per heavy atom. The molecule has 0 unspecified atom stereocenters. The minimum Gasteiger partial charge on any atom is -0.367 e. The number of aromatic nitrogens is 1. The Kier molecular flexibility index (Phi) is 4.75. The zero-order valence-corrected chi connectivity index (χ0v) is 14.2. The predicted octanol–water partition coefficient (Wildman–Crippen LogP) is 3.18. The van der Waals surface area contributed by atoms with Gasteiger partial charge in [-0.2, -0.15) is 11.3 Å². The van der Waals surface area contributed by atoms with Gasteiger partial charge in [0.2, 0.25) is 0 Å². The number of thiophene rings is 1. The van der Waals surface area contributed by atoms with Gasteiger partial charge in [0.05, 0.1) is 19.2 Å². The van der Waals surface area contributed by atoms with E-state index in [1.54, 1.807) is 22.7 Å². The van der Waals surface area contributed by atoms with E-state index < -0.39 is 0 Å². The maximum absolute atomic E-state index is 12.4. The van der Waals surface area contributed by atoms with Gasteiger partial charge >= 0.3 is 6.03 Å². The maximum atomic E-state index is 12.4. The first kappa shape index (κ1) is 15.5. The molecular formula is C15H19N3O2S2. The average Bonchev–Trinajstić information content (AvgIpc) is 3.15. The maximum Gasteiger partial charge on any atom is 0.317 e. The molecule has 1 saturated heterocycles. The Morgan fingerprint density at radius 2 is 2.41 bits per heavy atom. The van der Waals surface area contributed by atoms with Crippen molar-refractivity contribution in [3.63, 3.8) is 0 Å². The van der Waals surface area contributed by atoms with Crippen molar-refractivity contribution in [2.24, 2.45) is 0 Å². The normalized spacial score (nSPS) is 21.8. The number of amides is 2. The quantitative estimate of drug-likeness (QED) is 0.936. The van der Waals surface area contributed by atoms with Gasteiger partial charge in [-0.05, 0) is 36.2 Å². The van der Waals surface area contributed by atoms with E-state index in [2.05, 4.69) is 21.7 Å². The SMILES string of the molecule is Cc1cnc(CNC(=O)N2C[C@@H](c3ccsc3)O[C@@H](C)C2)s1. The fourth-order valence-electron chi connectivity index (χ4n) is 2.51. The van der Waals surface area contributed by atoms with Crippen LogP contribution in [-0.4, -0.2) is 35.1 Å². The van der Waals surface area contributed by atoms with Crippen molar-refractivity contribution < 1.29 is 9.53 Å². The van der Waals surface area contributed by atoms with Crippen molar-refractivity contribution in [1.29, 1.82) is 0 Å². The summed E-state index contributed by atoms with van der Waals surface area (Å²) in [7, 11) is 0. The lowest BCUT2D eigenvalue weighted by molar-refractivity contribution is -0.0655. The lowest BCUT2D eigenvalue weighted by Crippen LogP contribution is -2.49.